The Labute approximate surface area is 184 Å². The van der Waals surface area contributed by atoms with Crippen molar-refractivity contribution < 1.29 is 4.52 Å². The first-order valence-corrected chi connectivity index (χ1v) is 10.8. The van der Waals surface area contributed by atoms with Crippen molar-refractivity contribution >= 4 is 37.5 Å². The molecule has 0 spiro atoms. The minimum atomic E-state index is -0.113. The molecule has 0 atom stereocenters. The van der Waals surface area contributed by atoms with Gasteiger partial charge in [-0.3, -0.25) is 9.36 Å². The van der Waals surface area contributed by atoms with Gasteiger partial charge in [-0.25, -0.2) is 4.98 Å². The van der Waals surface area contributed by atoms with E-state index in [1.165, 1.54) is 15.9 Å². The molecule has 6 nitrogen and oxygen atoms in total. The maximum atomic E-state index is 13.2. The summed E-state index contributed by atoms with van der Waals surface area (Å²) in [7, 11) is 0. The van der Waals surface area contributed by atoms with E-state index in [0.717, 1.165) is 30.9 Å². The average molecular weight is 479 g/mol. The fraction of sp³-hybridized carbons (Fsp3) is 0.0909. The lowest BCUT2D eigenvalue weighted by Gasteiger charge is -2.02. The normalized spacial score (nSPS) is 11.3. The van der Waals surface area contributed by atoms with E-state index >= 15 is 0 Å². The number of halogens is 1. The van der Waals surface area contributed by atoms with Gasteiger partial charge >= 0.3 is 0 Å². The van der Waals surface area contributed by atoms with Gasteiger partial charge in [0.15, 0.2) is 0 Å². The third-order valence-corrected chi connectivity index (χ3v) is 6.55. The first-order valence-electron chi connectivity index (χ1n) is 9.22. The van der Waals surface area contributed by atoms with Crippen LogP contribution in [0, 0.1) is 6.92 Å². The van der Waals surface area contributed by atoms with E-state index < -0.39 is 0 Å². The van der Waals surface area contributed by atoms with Crippen LogP contribution >= 0.6 is 27.3 Å². The summed E-state index contributed by atoms with van der Waals surface area (Å²) in [5, 5.41) is 4.67. The van der Waals surface area contributed by atoms with Crippen LogP contribution in [0.2, 0.25) is 0 Å². The second-order valence-corrected chi connectivity index (χ2v) is 8.72. The molecule has 8 heteroatoms. The molecule has 0 amide bonds. The van der Waals surface area contributed by atoms with Crippen LogP contribution in [0.25, 0.3) is 32.0 Å². The molecule has 148 valence electrons. The Hall–Kier alpha value is -3.10. The van der Waals surface area contributed by atoms with Gasteiger partial charge in [0.05, 0.1) is 11.7 Å². The maximum absolute atomic E-state index is 13.2. The van der Waals surface area contributed by atoms with Gasteiger partial charge in [-0.2, -0.15) is 4.98 Å². The Morgan fingerprint density at radius 3 is 2.70 bits per heavy atom. The van der Waals surface area contributed by atoms with E-state index in [1.54, 1.807) is 6.33 Å². The van der Waals surface area contributed by atoms with Crippen LogP contribution in [0.4, 0.5) is 0 Å². The topological polar surface area (TPSA) is 73.8 Å². The number of hydrogen-bond donors (Lipinski definition) is 0. The first-order chi connectivity index (χ1) is 14.6. The average Bonchev–Trinajstić information content (AvgIpc) is 3.36. The highest BCUT2D eigenvalue weighted by molar-refractivity contribution is 9.10. The van der Waals surface area contributed by atoms with Gasteiger partial charge in [-0.15, -0.1) is 11.3 Å². The minimum Gasteiger partial charge on any atom is -0.337 e. The molecule has 0 aliphatic heterocycles. The molecule has 0 fully saturated rings. The van der Waals surface area contributed by atoms with E-state index in [9.17, 15) is 4.79 Å². The summed E-state index contributed by atoms with van der Waals surface area (Å²) < 4.78 is 7.81. The standard InChI is InChI=1S/C22H15BrN4O2S/c1-13-18-21(30-19(13)14-6-3-2-4-7-14)24-12-27(22(18)28)11-17-25-20(26-29-17)15-8-5-9-16(23)10-15/h2-10,12H,11H2,1H3. The summed E-state index contributed by atoms with van der Waals surface area (Å²) >= 11 is 4.97. The lowest BCUT2D eigenvalue weighted by molar-refractivity contribution is 0.369. The Balaban J connectivity index is 1.51. The van der Waals surface area contributed by atoms with Gasteiger partial charge in [0.1, 0.15) is 11.4 Å². The highest BCUT2D eigenvalue weighted by Crippen LogP contribution is 2.35. The van der Waals surface area contributed by atoms with Gasteiger partial charge in [-0.05, 0) is 30.2 Å². The zero-order valence-corrected chi connectivity index (χ0v) is 18.3. The van der Waals surface area contributed by atoms with Crippen LogP contribution in [0.1, 0.15) is 11.5 Å². The van der Waals surface area contributed by atoms with Gasteiger partial charge in [-0.1, -0.05) is 63.6 Å². The molecule has 0 N–H and O–H groups in total. The van der Waals surface area contributed by atoms with Crippen molar-refractivity contribution in [2.45, 2.75) is 13.5 Å². The fourth-order valence-corrected chi connectivity index (χ4v) is 4.89. The highest BCUT2D eigenvalue weighted by Gasteiger charge is 2.17. The summed E-state index contributed by atoms with van der Waals surface area (Å²) in [4.78, 5) is 23.9. The summed E-state index contributed by atoms with van der Waals surface area (Å²) in [5.74, 6) is 0.829. The van der Waals surface area contributed by atoms with Crippen molar-refractivity contribution in [2.75, 3.05) is 0 Å². The number of nitrogens with zero attached hydrogens (tertiary/aromatic N) is 4. The number of aryl methyl sites for hydroxylation is 1. The number of aromatic nitrogens is 4. The molecule has 5 aromatic rings. The molecule has 0 radical (unpaired) electrons. The third kappa shape index (κ3) is 3.38. The van der Waals surface area contributed by atoms with Crippen molar-refractivity contribution in [1.29, 1.82) is 0 Å². The Morgan fingerprint density at radius 2 is 1.90 bits per heavy atom. The van der Waals surface area contributed by atoms with Gasteiger partial charge in [0.2, 0.25) is 11.7 Å². The molecule has 0 aliphatic carbocycles. The van der Waals surface area contributed by atoms with Crippen molar-refractivity contribution in [3.8, 4) is 21.8 Å². The van der Waals surface area contributed by atoms with Crippen LogP contribution in [-0.4, -0.2) is 19.7 Å². The lowest BCUT2D eigenvalue weighted by Crippen LogP contribution is -2.21. The van der Waals surface area contributed by atoms with Crippen LogP contribution in [-0.2, 0) is 6.54 Å². The van der Waals surface area contributed by atoms with Crippen molar-refractivity contribution in [2.24, 2.45) is 0 Å². The van der Waals surface area contributed by atoms with E-state index in [1.807, 2.05) is 61.5 Å². The van der Waals surface area contributed by atoms with Crippen LogP contribution in [0.5, 0.6) is 0 Å². The van der Waals surface area contributed by atoms with Gasteiger partial charge in [0, 0.05) is 14.9 Å². The summed E-state index contributed by atoms with van der Waals surface area (Å²) in [6.45, 7) is 2.13. The first kappa shape index (κ1) is 18.9. The van der Waals surface area contributed by atoms with E-state index in [4.69, 9.17) is 4.52 Å². The maximum Gasteiger partial charge on any atom is 0.262 e. The number of benzene rings is 2. The summed E-state index contributed by atoms with van der Waals surface area (Å²) in [5.41, 5.74) is 2.74. The van der Waals surface area contributed by atoms with Crippen molar-refractivity contribution in [3.05, 3.63) is 87.2 Å². The molecule has 2 aromatic carbocycles. The van der Waals surface area contributed by atoms with E-state index in [0.29, 0.717) is 17.1 Å². The van der Waals surface area contributed by atoms with Crippen LogP contribution < -0.4 is 5.56 Å². The minimum absolute atomic E-state index is 0.113. The molecule has 0 saturated carbocycles. The SMILES string of the molecule is Cc1c(-c2ccccc2)sc2ncn(Cc3nc(-c4cccc(Br)c4)no3)c(=O)c12. The van der Waals surface area contributed by atoms with E-state index in [2.05, 4.69) is 31.1 Å². The van der Waals surface area contributed by atoms with Gasteiger partial charge < -0.3 is 4.52 Å². The Morgan fingerprint density at radius 1 is 1.10 bits per heavy atom. The number of thiophene rings is 1. The van der Waals surface area contributed by atoms with Crippen LogP contribution in [0.3, 0.4) is 0 Å². The molecule has 30 heavy (non-hydrogen) atoms. The third-order valence-electron chi connectivity index (χ3n) is 4.81. The predicted molar refractivity (Wildman–Crippen MR) is 121 cm³/mol. The molecule has 0 bridgehead atoms. The summed E-state index contributed by atoms with van der Waals surface area (Å²) in [6.07, 6.45) is 1.54. The van der Waals surface area contributed by atoms with Crippen molar-refractivity contribution in [1.82, 2.24) is 19.7 Å². The zero-order chi connectivity index (χ0) is 20.7. The molecular formula is C22H15BrN4O2S. The smallest absolute Gasteiger partial charge is 0.262 e. The summed E-state index contributed by atoms with van der Waals surface area (Å²) in [6, 6.07) is 17.7. The highest BCUT2D eigenvalue weighted by atomic mass is 79.9. The van der Waals surface area contributed by atoms with Crippen molar-refractivity contribution in [3.63, 3.8) is 0 Å². The molecule has 0 aliphatic rings. The number of hydrogen-bond acceptors (Lipinski definition) is 6. The second kappa shape index (κ2) is 7.62. The number of fused-ring (bicyclic) bond motifs is 1. The quantitative estimate of drug-likeness (QED) is 0.350. The predicted octanol–water partition coefficient (Wildman–Crippen LogP) is 5.29. The largest absolute Gasteiger partial charge is 0.337 e. The molecular weight excluding hydrogens is 464 g/mol. The lowest BCUT2D eigenvalue weighted by atomic mass is 10.1. The molecule has 3 aromatic heterocycles. The molecule has 3 heterocycles. The fourth-order valence-electron chi connectivity index (χ4n) is 3.35. The zero-order valence-electron chi connectivity index (χ0n) is 15.9. The van der Waals surface area contributed by atoms with Gasteiger partial charge in [0.25, 0.3) is 5.56 Å². The molecule has 5 rings (SSSR count). The molecule has 0 unspecified atom stereocenters. The Kier molecular flexibility index (Phi) is 4.80. The van der Waals surface area contributed by atoms with Crippen LogP contribution in [0.15, 0.2) is 74.7 Å². The molecule has 0 saturated heterocycles. The Bertz CT molecular complexity index is 1420. The van der Waals surface area contributed by atoms with E-state index in [-0.39, 0.29) is 12.1 Å². The second-order valence-electron chi connectivity index (χ2n) is 6.80. The monoisotopic (exact) mass is 478 g/mol. The number of rotatable bonds is 4.